The number of amides is 2. The van der Waals surface area contributed by atoms with Crippen LogP contribution in [0.1, 0.15) is 36.0 Å². The van der Waals surface area contributed by atoms with Crippen molar-refractivity contribution in [3.63, 3.8) is 0 Å². The molecule has 0 saturated carbocycles. The Balaban J connectivity index is 1.56. The van der Waals surface area contributed by atoms with Crippen LogP contribution in [0.2, 0.25) is 0 Å². The second-order valence-corrected chi connectivity index (χ2v) is 5.76. The maximum atomic E-state index is 11.7. The van der Waals surface area contributed by atoms with Crippen molar-refractivity contribution in [2.45, 2.75) is 31.7 Å². The Morgan fingerprint density at radius 2 is 2.35 bits per heavy atom. The second kappa shape index (κ2) is 8.01. The van der Waals surface area contributed by atoms with Crippen LogP contribution in [0.15, 0.2) is 16.8 Å². The van der Waals surface area contributed by atoms with Crippen LogP contribution in [0.5, 0.6) is 0 Å². The van der Waals surface area contributed by atoms with Gasteiger partial charge >= 0.3 is 0 Å². The number of hydrogen-bond donors (Lipinski definition) is 3. The van der Waals surface area contributed by atoms with Gasteiger partial charge in [-0.2, -0.15) is 11.3 Å². The fraction of sp³-hybridized carbons (Fsp3) is 0.571. The van der Waals surface area contributed by atoms with Crippen LogP contribution in [-0.4, -0.2) is 37.5 Å². The van der Waals surface area contributed by atoms with E-state index in [2.05, 4.69) is 16.0 Å². The van der Waals surface area contributed by atoms with Crippen molar-refractivity contribution in [2.24, 2.45) is 0 Å². The molecule has 1 aliphatic rings. The molecule has 3 N–H and O–H groups in total. The Bertz CT molecular complexity index is 428. The molecule has 20 heavy (non-hydrogen) atoms. The second-order valence-electron chi connectivity index (χ2n) is 4.98. The summed E-state index contributed by atoms with van der Waals surface area (Å²) in [5.41, 5.74) is 0.688. The summed E-state index contributed by atoms with van der Waals surface area (Å²) in [6.45, 7) is 2.44. The van der Waals surface area contributed by atoms with Gasteiger partial charge in [0.1, 0.15) is 0 Å². The number of thiophene rings is 1. The summed E-state index contributed by atoms with van der Waals surface area (Å²) >= 11 is 1.50. The molecule has 0 aromatic carbocycles. The van der Waals surface area contributed by atoms with Gasteiger partial charge in [0.25, 0.3) is 5.91 Å². The third-order valence-corrected chi connectivity index (χ3v) is 3.99. The number of piperidine rings is 1. The SMILES string of the molecule is O=C(CCCNC(=O)c1ccsc1)NC1CCCNC1. The molecule has 6 heteroatoms. The molecule has 0 bridgehead atoms. The monoisotopic (exact) mass is 295 g/mol. The van der Waals surface area contributed by atoms with Crippen molar-refractivity contribution in [3.8, 4) is 0 Å². The summed E-state index contributed by atoms with van der Waals surface area (Å²) in [4.78, 5) is 23.4. The van der Waals surface area contributed by atoms with Gasteiger partial charge in [0, 0.05) is 36.5 Å². The summed E-state index contributed by atoms with van der Waals surface area (Å²) in [5, 5.41) is 12.8. The van der Waals surface area contributed by atoms with Crippen molar-refractivity contribution in [3.05, 3.63) is 22.4 Å². The lowest BCUT2D eigenvalue weighted by molar-refractivity contribution is -0.122. The van der Waals surface area contributed by atoms with Crippen LogP contribution < -0.4 is 16.0 Å². The lowest BCUT2D eigenvalue weighted by Gasteiger charge is -2.23. The number of carbonyl (C=O) groups excluding carboxylic acids is 2. The van der Waals surface area contributed by atoms with Gasteiger partial charge in [-0.25, -0.2) is 0 Å². The third-order valence-electron chi connectivity index (χ3n) is 3.31. The van der Waals surface area contributed by atoms with Gasteiger partial charge in [0.05, 0.1) is 0 Å². The molecule has 0 radical (unpaired) electrons. The summed E-state index contributed by atoms with van der Waals surface area (Å²) in [6, 6.07) is 2.06. The van der Waals surface area contributed by atoms with E-state index < -0.39 is 0 Å². The Morgan fingerprint density at radius 1 is 1.45 bits per heavy atom. The van der Waals surface area contributed by atoms with E-state index in [4.69, 9.17) is 0 Å². The lowest BCUT2D eigenvalue weighted by atomic mass is 10.1. The lowest BCUT2D eigenvalue weighted by Crippen LogP contribution is -2.45. The molecule has 2 amide bonds. The van der Waals surface area contributed by atoms with Crippen LogP contribution in [0.4, 0.5) is 0 Å². The number of nitrogens with one attached hydrogen (secondary N) is 3. The summed E-state index contributed by atoms with van der Waals surface area (Å²) in [5.74, 6) is 0.00613. The Labute approximate surface area is 123 Å². The normalized spacial score (nSPS) is 18.5. The van der Waals surface area contributed by atoms with E-state index in [1.165, 1.54) is 11.3 Å². The first-order chi connectivity index (χ1) is 9.75. The molecule has 1 aromatic heterocycles. The smallest absolute Gasteiger partial charge is 0.252 e. The molecule has 1 unspecified atom stereocenters. The van der Waals surface area contributed by atoms with Crippen LogP contribution in [-0.2, 0) is 4.79 Å². The molecule has 5 nitrogen and oxygen atoms in total. The molecule has 110 valence electrons. The van der Waals surface area contributed by atoms with Crippen LogP contribution in [0.3, 0.4) is 0 Å². The van der Waals surface area contributed by atoms with Gasteiger partial charge in [-0.05, 0) is 37.3 Å². The van der Waals surface area contributed by atoms with E-state index in [0.717, 1.165) is 25.9 Å². The average molecular weight is 295 g/mol. The molecule has 0 aliphatic carbocycles. The maximum Gasteiger partial charge on any atom is 0.252 e. The largest absolute Gasteiger partial charge is 0.352 e. The molecule has 2 rings (SSSR count). The van der Waals surface area contributed by atoms with Gasteiger partial charge in [0.2, 0.25) is 5.91 Å². The number of carbonyl (C=O) groups is 2. The Kier molecular flexibility index (Phi) is 6.01. The standard InChI is InChI=1S/C14H21N3O2S/c18-13(17-12-3-1-6-15-9-12)4-2-7-16-14(19)11-5-8-20-10-11/h5,8,10,12,15H,1-4,6-7,9H2,(H,16,19)(H,17,18). The molecule has 2 heterocycles. The minimum atomic E-state index is -0.0665. The fourth-order valence-corrected chi connectivity index (χ4v) is 2.86. The van der Waals surface area contributed by atoms with Crippen molar-refractivity contribution < 1.29 is 9.59 Å². The Hall–Kier alpha value is -1.40. The fourth-order valence-electron chi connectivity index (χ4n) is 2.22. The van der Waals surface area contributed by atoms with Gasteiger partial charge in [-0.3, -0.25) is 9.59 Å². The van der Waals surface area contributed by atoms with Crippen molar-refractivity contribution in [2.75, 3.05) is 19.6 Å². The summed E-state index contributed by atoms with van der Waals surface area (Å²) in [6.07, 6.45) is 3.29. The molecule has 1 aliphatic heterocycles. The average Bonchev–Trinajstić information content (AvgIpc) is 2.99. The predicted octanol–water partition coefficient (Wildman–Crippen LogP) is 1.13. The predicted molar refractivity (Wildman–Crippen MR) is 79.9 cm³/mol. The van der Waals surface area contributed by atoms with E-state index in [1.54, 1.807) is 6.07 Å². The topological polar surface area (TPSA) is 70.2 Å². The first kappa shape index (κ1) is 15.0. The van der Waals surface area contributed by atoms with E-state index >= 15 is 0 Å². The minimum absolute atomic E-state index is 0.0665. The highest BCUT2D eigenvalue weighted by molar-refractivity contribution is 7.08. The minimum Gasteiger partial charge on any atom is -0.352 e. The van der Waals surface area contributed by atoms with E-state index in [9.17, 15) is 9.59 Å². The summed E-state index contributed by atoms with van der Waals surface area (Å²) in [7, 11) is 0. The highest BCUT2D eigenvalue weighted by atomic mass is 32.1. The third kappa shape index (κ3) is 4.94. The van der Waals surface area contributed by atoms with Crippen molar-refractivity contribution in [1.82, 2.24) is 16.0 Å². The first-order valence-corrected chi connectivity index (χ1v) is 8.00. The molecule has 1 saturated heterocycles. The highest BCUT2D eigenvalue weighted by Crippen LogP contribution is 2.05. The molecule has 1 aromatic rings. The number of rotatable bonds is 6. The van der Waals surface area contributed by atoms with Crippen molar-refractivity contribution >= 4 is 23.2 Å². The van der Waals surface area contributed by atoms with E-state index in [1.807, 2.05) is 10.8 Å². The van der Waals surface area contributed by atoms with E-state index in [-0.39, 0.29) is 17.9 Å². The zero-order valence-electron chi connectivity index (χ0n) is 11.5. The molecule has 1 fully saturated rings. The van der Waals surface area contributed by atoms with Crippen molar-refractivity contribution in [1.29, 1.82) is 0 Å². The zero-order valence-corrected chi connectivity index (χ0v) is 12.3. The van der Waals surface area contributed by atoms with Crippen LogP contribution in [0, 0.1) is 0 Å². The Morgan fingerprint density at radius 3 is 3.05 bits per heavy atom. The number of hydrogen-bond acceptors (Lipinski definition) is 4. The van der Waals surface area contributed by atoms with Gasteiger partial charge < -0.3 is 16.0 Å². The summed E-state index contributed by atoms with van der Waals surface area (Å²) < 4.78 is 0. The molecular formula is C14H21N3O2S. The molecular weight excluding hydrogens is 274 g/mol. The van der Waals surface area contributed by atoms with E-state index in [0.29, 0.717) is 24.9 Å². The van der Waals surface area contributed by atoms with Gasteiger partial charge in [0.15, 0.2) is 0 Å². The van der Waals surface area contributed by atoms with Gasteiger partial charge in [-0.1, -0.05) is 0 Å². The van der Waals surface area contributed by atoms with Gasteiger partial charge in [-0.15, -0.1) is 0 Å². The highest BCUT2D eigenvalue weighted by Gasteiger charge is 2.14. The van der Waals surface area contributed by atoms with Crippen LogP contribution >= 0.6 is 11.3 Å². The molecule has 0 spiro atoms. The first-order valence-electron chi connectivity index (χ1n) is 7.06. The van der Waals surface area contributed by atoms with Crippen LogP contribution in [0.25, 0.3) is 0 Å². The molecule has 1 atom stereocenters. The quantitative estimate of drug-likeness (QED) is 0.689. The zero-order chi connectivity index (χ0) is 14.2. The maximum absolute atomic E-state index is 11.7.